The molecular formula is C8H12ClNS. The molecule has 1 aliphatic rings. The van der Waals surface area contributed by atoms with Gasteiger partial charge < -0.3 is 5.73 Å². The van der Waals surface area contributed by atoms with E-state index < -0.39 is 0 Å². The lowest BCUT2D eigenvalue weighted by atomic mass is 10.2. The van der Waals surface area contributed by atoms with Gasteiger partial charge in [0.05, 0.1) is 0 Å². The fourth-order valence-corrected chi connectivity index (χ4v) is 1.99. The van der Waals surface area contributed by atoms with Gasteiger partial charge >= 0.3 is 0 Å². The summed E-state index contributed by atoms with van der Waals surface area (Å²) in [5, 5.41) is 2.09. The highest BCUT2D eigenvalue weighted by Crippen LogP contribution is 2.40. The maximum Gasteiger partial charge on any atom is 0.0418 e. The lowest BCUT2D eigenvalue weighted by Crippen LogP contribution is -2.10. The summed E-state index contributed by atoms with van der Waals surface area (Å²) in [6.07, 6.45) is 2.66. The molecule has 1 fully saturated rings. The smallest absolute Gasteiger partial charge is 0.0418 e. The molecule has 11 heavy (non-hydrogen) atoms. The molecule has 0 aromatic carbocycles. The van der Waals surface area contributed by atoms with Gasteiger partial charge in [0.25, 0.3) is 0 Å². The Balaban J connectivity index is 0.000000605. The third kappa shape index (κ3) is 1.95. The molecule has 0 saturated heterocycles. The molecule has 1 nitrogen and oxygen atoms in total. The zero-order valence-electron chi connectivity index (χ0n) is 6.19. The summed E-state index contributed by atoms with van der Waals surface area (Å²) in [5.74, 6) is 0.790. The van der Waals surface area contributed by atoms with Crippen LogP contribution in [0.4, 0.5) is 0 Å². The van der Waals surface area contributed by atoms with Gasteiger partial charge in [-0.15, -0.1) is 23.7 Å². The fraction of sp³-hybridized carbons (Fsp3) is 0.500. The first-order valence-corrected chi connectivity index (χ1v) is 4.55. The number of hydrogen-bond acceptors (Lipinski definition) is 2. The van der Waals surface area contributed by atoms with E-state index in [2.05, 4.69) is 17.5 Å². The van der Waals surface area contributed by atoms with Gasteiger partial charge in [-0.25, -0.2) is 0 Å². The second-order valence-corrected chi connectivity index (χ2v) is 3.86. The van der Waals surface area contributed by atoms with Crippen molar-refractivity contribution in [2.75, 3.05) is 0 Å². The van der Waals surface area contributed by atoms with Crippen LogP contribution in [0.1, 0.15) is 23.8 Å². The van der Waals surface area contributed by atoms with E-state index in [1.807, 2.05) is 0 Å². The van der Waals surface area contributed by atoms with E-state index in [0.29, 0.717) is 6.04 Å². The molecule has 2 N–H and O–H groups in total. The molecule has 1 aromatic rings. The number of rotatable bonds is 2. The normalized spacial score (nSPS) is 19.0. The van der Waals surface area contributed by atoms with Crippen LogP contribution in [0.25, 0.3) is 0 Å². The van der Waals surface area contributed by atoms with Gasteiger partial charge in [-0.05, 0) is 30.2 Å². The van der Waals surface area contributed by atoms with Crippen molar-refractivity contribution in [3.05, 3.63) is 22.4 Å². The van der Waals surface area contributed by atoms with Crippen LogP contribution in [0.2, 0.25) is 0 Å². The van der Waals surface area contributed by atoms with Crippen LogP contribution >= 0.6 is 23.7 Å². The van der Waals surface area contributed by atoms with Crippen molar-refractivity contribution in [2.45, 2.75) is 18.9 Å². The Hall–Kier alpha value is -0.0500. The minimum Gasteiger partial charge on any atom is -0.323 e. The SMILES string of the molecule is Cl.N[C@H](c1cccs1)C1CC1. The van der Waals surface area contributed by atoms with Crippen molar-refractivity contribution in [2.24, 2.45) is 11.7 Å². The molecule has 0 unspecified atom stereocenters. The van der Waals surface area contributed by atoms with Crippen molar-refractivity contribution in [3.63, 3.8) is 0 Å². The van der Waals surface area contributed by atoms with Crippen LogP contribution in [0.3, 0.4) is 0 Å². The van der Waals surface area contributed by atoms with Gasteiger partial charge in [-0.1, -0.05) is 6.07 Å². The largest absolute Gasteiger partial charge is 0.323 e. The van der Waals surface area contributed by atoms with Gasteiger partial charge in [-0.3, -0.25) is 0 Å². The van der Waals surface area contributed by atoms with E-state index >= 15 is 0 Å². The number of halogens is 1. The Morgan fingerprint density at radius 2 is 2.27 bits per heavy atom. The summed E-state index contributed by atoms with van der Waals surface area (Å²) in [7, 11) is 0. The second-order valence-electron chi connectivity index (χ2n) is 2.88. The van der Waals surface area contributed by atoms with Crippen molar-refractivity contribution in [1.82, 2.24) is 0 Å². The van der Waals surface area contributed by atoms with Gasteiger partial charge in [0.1, 0.15) is 0 Å². The molecule has 0 aliphatic heterocycles. The van der Waals surface area contributed by atoms with Crippen LogP contribution in [0, 0.1) is 5.92 Å². The van der Waals surface area contributed by atoms with Crippen molar-refractivity contribution >= 4 is 23.7 Å². The third-order valence-corrected chi connectivity index (χ3v) is 2.98. The highest BCUT2D eigenvalue weighted by Gasteiger charge is 2.29. The first-order chi connectivity index (χ1) is 4.88. The van der Waals surface area contributed by atoms with E-state index in [1.54, 1.807) is 11.3 Å². The Morgan fingerprint density at radius 1 is 1.55 bits per heavy atom. The summed E-state index contributed by atoms with van der Waals surface area (Å²) >= 11 is 1.77. The average molecular weight is 190 g/mol. The molecule has 1 aliphatic carbocycles. The van der Waals surface area contributed by atoms with Crippen molar-refractivity contribution < 1.29 is 0 Å². The first kappa shape index (κ1) is 9.04. The topological polar surface area (TPSA) is 26.0 Å². The summed E-state index contributed by atoms with van der Waals surface area (Å²) < 4.78 is 0. The Labute approximate surface area is 77.0 Å². The highest BCUT2D eigenvalue weighted by molar-refractivity contribution is 7.10. The van der Waals surface area contributed by atoms with Crippen molar-refractivity contribution in [1.29, 1.82) is 0 Å². The van der Waals surface area contributed by atoms with Crippen molar-refractivity contribution in [3.8, 4) is 0 Å². The standard InChI is InChI=1S/C8H11NS.ClH/c9-8(6-3-4-6)7-2-1-5-10-7;/h1-2,5-6,8H,3-4,9H2;1H/t8-;/m0./s1. The van der Waals surface area contributed by atoms with Gasteiger partial charge in [0.15, 0.2) is 0 Å². The van der Waals surface area contributed by atoms with E-state index in [4.69, 9.17) is 5.73 Å². The van der Waals surface area contributed by atoms with Gasteiger partial charge in [-0.2, -0.15) is 0 Å². The van der Waals surface area contributed by atoms with E-state index in [1.165, 1.54) is 17.7 Å². The molecule has 0 bridgehead atoms. The zero-order valence-corrected chi connectivity index (χ0v) is 7.83. The Kier molecular flexibility index (Phi) is 2.93. The first-order valence-electron chi connectivity index (χ1n) is 3.67. The lowest BCUT2D eigenvalue weighted by molar-refractivity contribution is 0.645. The molecule has 0 spiro atoms. The molecule has 3 heteroatoms. The monoisotopic (exact) mass is 189 g/mol. The molecule has 1 aromatic heterocycles. The Bertz CT molecular complexity index is 206. The number of hydrogen-bond donors (Lipinski definition) is 1. The quantitative estimate of drug-likeness (QED) is 0.761. The number of thiophene rings is 1. The summed E-state index contributed by atoms with van der Waals surface area (Å²) in [6, 6.07) is 4.54. The summed E-state index contributed by atoms with van der Waals surface area (Å²) in [5.41, 5.74) is 5.96. The average Bonchev–Trinajstić information content (AvgIpc) is 2.65. The molecule has 0 amide bonds. The maximum absolute atomic E-state index is 5.96. The molecular weight excluding hydrogens is 178 g/mol. The Morgan fingerprint density at radius 3 is 2.73 bits per heavy atom. The van der Waals surface area contributed by atoms with Crippen LogP contribution in [-0.2, 0) is 0 Å². The second kappa shape index (κ2) is 3.57. The van der Waals surface area contributed by atoms with Crippen LogP contribution < -0.4 is 5.73 Å². The van der Waals surface area contributed by atoms with E-state index in [9.17, 15) is 0 Å². The molecule has 62 valence electrons. The third-order valence-electron chi connectivity index (χ3n) is 2.00. The minimum absolute atomic E-state index is 0. The number of nitrogens with two attached hydrogens (primary N) is 1. The van der Waals surface area contributed by atoms with E-state index in [-0.39, 0.29) is 12.4 Å². The van der Waals surface area contributed by atoms with Crippen LogP contribution in [0.15, 0.2) is 17.5 Å². The summed E-state index contributed by atoms with van der Waals surface area (Å²) in [4.78, 5) is 1.35. The predicted molar refractivity (Wildman–Crippen MR) is 51.2 cm³/mol. The van der Waals surface area contributed by atoms with E-state index in [0.717, 1.165) is 5.92 Å². The lowest BCUT2D eigenvalue weighted by Gasteiger charge is -2.05. The summed E-state index contributed by atoms with van der Waals surface area (Å²) in [6.45, 7) is 0. The van der Waals surface area contributed by atoms with Gasteiger partial charge in [0, 0.05) is 10.9 Å². The molecule has 1 saturated carbocycles. The molecule has 0 radical (unpaired) electrons. The zero-order chi connectivity index (χ0) is 6.97. The highest BCUT2D eigenvalue weighted by atomic mass is 35.5. The van der Waals surface area contributed by atoms with Crippen LogP contribution in [0.5, 0.6) is 0 Å². The predicted octanol–water partition coefficient (Wildman–Crippen LogP) is 2.58. The molecule has 1 atom stereocenters. The molecule has 1 heterocycles. The van der Waals surface area contributed by atoms with Gasteiger partial charge in [0.2, 0.25) is 0 Å². The minimum atomic E-state index is 0. The fourth-order valence-electron chi connectivity index (χ4n) is 1.17. The van der Waals surface area contributed by atoms with Crippen LogP contribution in [-0.4, -0.2) is 0 Å². The maximum atomic E-state index is 5.96. The molecule has 2 rings (SSSR count).